The van der Waals surface area contributed by atoms with Crippen molar-refractivity contribution < 1.29 is 18.0 Å². The van der Waals surface area contributed by atoms with E-state index in [2.05, 4.69) is 10.3 Å². The van der Waals surface area contributed by atoms with E-state index >= 15 is 0 Å². The van der Waals surface area contributed by atoms with Crippen LogP contribution in [0.1, 0.15) is 34.1 Å². The topological polar surface area (TPSA) is 51.2 Å². The summed E-state index contributed by atoms with van der Waals surface area (Å²) < 4.78 is 37.6. The molecule has 1 amide bonds. The Morgan fingerprint density at radius 3 is 2.50 bits per heavy atom. The molecular weight excluding hydrogens is 486 g/mol. The molecule has 2 fully saturated rings. The zero-order chi connectivity index (χ0) is 20.4. The lowest BCUT2D eigenvalue weighted by molar-refractivity contribution is -0.145. The third-order valence-electron chi connectivity index (χ3n) is 5.17. The molecular formula is C18H33F3IN5O. The smallest absolute Gasteiger partial charge is 0.356 e. The zero-order valence-corrected chi connectivity index (χ0v) is 19.7. The maximum Gasteiger partial charge on any atom is 0.401 e. The number of aliphatic imine (C=N–C) groups is 1. The van der Waals surface area contributed by atoms with Gasteiger partial charge in [0.25, 0.3) is 0 Å². The lowest BCUT2D eigenvalue weighted by Gasteiger charge is -2.49. The van der Waals surface area contributed by atoms with Crippen LogP contribution in [-0.4, -0.2) is 90.6 Å². The van der Waals surface area contributed by atoms with Crippen molar-refractivity contribution in [3.8, 4) is 0 Å². The van der Waals surface area contributed by atoms with Gasteiger partial charge in [-0.2, -0.15) is 13.2 Å². The summed E-state index contributed by atoms with van der Waals surface area (Å²) in [5, 5.41) is 3.26. The van der Waals surface area contributed by atoms with Gasteiger partial charge in [0.2, 0.25) is 5.91 Å². The fraction of sp³-hybridized carbons (Fsp3) is 0.889. The molecule has 6 nitrogen and oxygen atoms in total. The lowest BCUT2D eigenvalue weighted by Crippen LogP contribution is -2.66. The van der Waals surface area contributed by atoms with Crippen LogP contribution in [0.15, 0.2) is 4.99 Å². The molecule has 1 unspecified atom stereocenters. The molecule has 0 aromatic heterocycles. The number of hydrogen-bond donors (Lipinski definition) is 1. The number of nitrogens with one attached hydrogen (secondary N) is 1. The Labute approximate surface area is 182 Å². The van der Waals surface area contributed by atoms with E-state index in [0.717, 1.165) is 6.42 Å². The van der Waals surface area contributed by atoms with Crippen LogP contribution in [0.3, 0.4) is 0 Å². The Kier molecular flexibility index (Phi) is 8.85. The highest BCUT2D eigenvalue weighted by Gasteiger charge is 2.41. The first-order valence-corrected chi connectivity index (χ1v) is 9.50. The minimum Gasteiger partial charge on any atom is -0.356 e. The fourth-order valence-electron chi connectivity index (χ4n) is 4.36. The summed E-state index contributed by atoms with van der Waals surface area (Å²) in [4.78, 5) is 22.2. The molecule has 1 atom stereocenters. The van der Waals surface area contributed by atoms with Crippen molar-refractivity contribution in [1.82, 2.24) is 20.0 Å². The molecule has 164 valence electrons. The number of guanidine groups is 1. The van der Waals surface area contributed by atoms with Gasteiger partial charge >= 0.3 is 6.18 Å². The minimum absolute atomic E-state index is 0. The normalized spacial score (nSPS) is 24.0. The van der Waals surface area contributed by atoms with E-state index in [1.54, 1.807) is 7.05 Å². The average molecular weight is 519 g/mol. The van der Waals surface area contributed by atoms with E-state index in [0.29, 0.717) is 32.1 Å². The van der Waals surface area contributed by atoms with Crippen molar-refractivity contribution >= 4 is 35.8 Å². The predicted molar refractivity (Wildman–Crippen MR) is 115 cm³/mol. The third kappa shape index (κ3) is 6.64. The molecule has 0 aliphatic carbocycles. The van der Waals surface area contributed by atoms with E-state index in [9.17, 15) is 18.0 Å². The number of hydrogen-bond acceptors (Lipinski definition) is 3. The van der Waals surface area contributed by atoms with E-state index in [-0.39, 0.29) is 53.9 Å². The summed E-state index contributed by atoms with van der Waals surface area (Å²) in [5.74, 6) is 0.834. The highest BCUT2D eigenvalue weighted by molar-refractivity contribution is 14.0. The summed E-state index contributed by atoms with van der Waals surface area (Å²) in [7, 11) is 1.67. The SMILES string of the molecule is CN=C(NCC1CCN(CC(F)(F)F)C1)N1CC(=O)N(C(C)C)C(C)(C)C1.I. The van der Waals surface area contributed by atoms with Gasteiger partial charge in [-0.1, -0.05) is 0 Å². The highest BCUT2D eigenvalue weighted by Crippen LogP contribution is 2.25. The monoisotopic (exact) mass is 519 g/mol. The number of rotatable bonds is 4. The van der Waals surface area contributed by atoms with Crippen molar-refractivity contribution in [1.29, 1.82) is 0 Å². The first-order chi connectivity index (χ1) is 12.4. The number of amides is 1. The van der Waals surface area contributed by atoms with Crippen LogP contribution >= 0.6 is 24.0 Å². The van der Waals surface area contributed by atoms with Crippen LogP contribution in [0.5, 0.6) is 0 Å². The molecule has 10 heteroatoms. The summed E-state index contributed by atoms with van der Waals surface area (Å²) >= 11 is 0. The Balaban J connectivity index is 0.00000392. The molecule has 2 rings (SSSR count). The first-order valence-electron chi connectivity index (χ1n) is 9.50. The number of nitrogens with zero attached hydrogens (tertiary/aromatic N) is 4. The lowest BCUT2D eigenvalue weighted by atomic mass is 9.96. The molecule has 0 radical (unpaired) electrons. The largest absolute Gasteiger partial charge is 0.401 e. The van der Waals surface area contributed by atoms with Crippen molar-refractivity contribution in [3.63, 3.8) is 0 Å². The second-order valence-electron chi connectivity index (χ2n) is 8.46. The number of alkyl halides is 3. The number of likely N-dealkylation sites (tertiary alicyclic amines) is 1. The summed E-state index contributed by atoms with van der Waals surface area (Å²) in [6.45, 7) is 9.60. The van der Waals surface area contributed by atoms with E-state index in [1.165, 1.54) is 4.90 Å². The molecule has 0 bridgehead atoms. The quantitative estimate of drug-likeness (QED) is 0.352. The van der Waals surface area contributed by atoms with Gasteiger partial charge in [0.1, 0.15) is 0 Å². The molecule has 2 aliphatic heterocycles. The summed E-state index contributed by atoms with van der Waals surface area (Å²) in [5.41, 5.74) is -0.321. The third-order valence-corrected chi connectivity index (χ3v) is 5.17. The number of halogens is 4. The second-order valence-corrected chi connectivity index (χ2v) is 8.46. The standard InChI is InChI=1S/C18H32F3N5O.HI/c1-13(2)26-15(27)10-25(11-17(26,3)4)16(22-5)23-8-14-6-7-24(9-14)12-18(19,20)21;/h13-14H,6-12H2,1-5H3,(H,22,23);1H. The Bertz CT molecular complexity index is 568. The number of piperazine rings is 1. The molecule has 0 spiro atoms. The van der Waals surface area contributed by atoms with Gasteiger partial charge in [-0.3, -0.25) is 14.7 Å². The van der Waals surface area contributed by atoms with Gasteiger partial charge in [0.05, 0.1) is 18.6 Å². The van der Waals surface area contributed by atoms with E-state index in [4.69, 9.17) is 0 Å². The molecule has 0 saturated carbocycles. The van der Waals surface area contributed by atoms with Crippen molar-refractivity contribution in [2.45, 2.75) is 51.9 Å². The Hall–Kier alpha value is -0.780. The van der Waals surface area contributed by atoms with Gasteiger partial charge in [-0.25, -0.2) is 0 Å². The van der Waals surface area contributed by atoms with Gasteiger partial charge in [-0.05, 0) is 46.6 Å². The van der Waals surface area contributed by atoms with Crippen molar-refractivity contribution in [2.75, 3.05) is 46.3 Å². The van der Waals surface area contributed by atoms with Crippen LogP contribution in [0.2, 0.25) is 0 Å². The predicted octanol–water partition coefficient (Wildman–Crippen LogP) is 2.40. The Morgan fingerprint density at radius 1 is 1.36 bits per heavy atom. The van der Waals surface area contributed by atoms with Gasteiger partial charge in [0, 0.05) is 32.7 Å². The maximum absolute atomic E-state index is 12.6. The van der Waals surface area contributed by atoms with Crippen LogP contribution < -0.4 is 5.32 Å². The average Bonchev–Trinajstić information content (AvgIpc) is 2.91. The summed E-state index contributed by atoms with van der Waals surface area (Å²) in [6, 6.07) is 0.128. The summed E-state index contributed by atoms with van der Waals surface area (Å²) in [6.07, 6.45) is -3.42. The molecule has 2 saturated heterocycles. The highest BCUT2D eigenvalue weighted by atomic mass is 127. The van der Waals surface area contributed by atoms with E-state index < -0.39 is 12.7 Å². The molecule has 2 heterocycles. The molecule has 0 aromatic carbocycles. The number of carbonyl (C=O) groups excluding carboxylic acids is 1. The molecule has 28 heavy (non-hydrogen) atoms. The van der Waals surface area contributed by atoms with Crippen LogP contribution in [0.4, 0.5) is 13.2 Å². The van der Waals surface area contributed by atoms with Crippen molar-refractivity contribution in [2.24, 2.45) is 10.9 Å². The Morgan fingerprint density at radius 2 is 2.00 bits per heavy atom. The molecule has 2 aliphatic rings. The van der Waals surface area contributed by atoms with Crippen LogP contribution in [0, 0.1) is 5.92 Å². The van der Waals surface area contributed by atoms with Gasteiger partial charge in [0.15, 0.2) is 5.96 Å². The molecule has 0 aromatic rings. The zero-order valence-electron chi connectivity index (χ0n) is 17.3. The minimum atomic E-state index is -4.15. The maximum atomic E-state index is 12.6. The fourth-order valence-corrected chi connectivity index (χ4v) is 4.36. The van der Waals surface area contributed by atoms with Gasteiger partial charge < -0.3 is 15.1 Å². The number of carbonyl (C=O) groups is 1. The van der Waals surface area contributed by atoms with Crippen molar-refractivity contribution in [3.05, 3.63) is 0 Å². The van der Waals surface area contributed by atoms with Crippen LogP contribution in [-0.2, 0) is 4.79 Å². The van der Waals surface area contributed by atoms with E-state index in [1.807, 2.05) is 37.5 Å². The van der Waals surface area contributed by atoms with Crippen LogP contribution in [0.25, 0.3) is 0 Å². The second kappa shape index (κ2) is 9.82. The first kappa shape index (κ1) is 25.3. The van der Waals surface area contributed by atoms with Gasteiger partial charge in [-0.15, -0.1) is 24.0 Å². The molecule has 1 N–H and O–H groups in total.